The molecule has 0 spiro atoms. The Labute approximate surface area is 200 Å². The highest BCUT2D eigenvalue weighted by atomic mass is 32.2. The van der Waals surface area contributed by atoms with Crippen molar-refractivity contribution in [1.29, 1.82) is 0 Å². The van der Waals surface area contributed by atoms with Crippen molar-refractivity contribution in [3.8, 4) is 0 Å². The lowest BCUT2D eigenvalue weighted by molar-refractivity contribution is 0.0891. The van der Waals surface area contributed by atoms with E-state index in [-0.39, 0.29) is 17.4 Å². The molecule has 1 aromatic carbocycles. The van der Waals surface area contributed by atoms with Crippen LogP contribution >= 0.6 is 0 Å². The van der Waals surface area contributed by atoms with Crippen LogP contribution in [0.4, 0.5) is 0 Å². The van der Waals surface area contributed by atoms with E-state index in [0.717, 1.165) is 42.6 Å². The van der Waals surface area contributed by atoms with Crippen LogP contribution in [-0.2, 0) is 16.6 Å². The monoisotopic (exact) mass is 471 g/mol. The van der Waals surface area contributed by atoms with E-state index in [4.69, 9.17) is 4.42 Å². The number of amides is 1. The van der Waals surface area contributed by atoms with Crippen molar-refractivity contribution < 1.29 is 13.4 Å². The van der Waals surface area contributed by atoms with Crippen molar-refractivity contribution >= 4 is 16.7 Å². The van der Waals surface area contributed by atoms with Gasteiger partial charge in [-0.15, -0.1) is 0 Å². The fourth-order valence-electron chi connectivity index (χ4n) is 4.98. The van der Waals surface area contributed by atoms with Gasteiger partial charge in [-0.05, 0) is 95.5 Å². The van der Waals surface area contributed by atoms with Crippen LogP contribution in [0.2, 0.25) is 0 Å². The van der Waals surface area contributed by atoms with Crippen LogP contribution in [-0.4, -0.2) is 65.2 Å². The van der Waals surface area contributed by atoms with Crippen molar-refractivity contribution in [3.05, 3.63) is 53.5 Å². The topological polar surface area (TPSA) is 65.8 Å². The number of benzene rings is 1. The first kappa shape index (κ1) is 24.2. The molecule has 33 heavy (non-hydrogen) atoms. The molecule has 7 heteroatoms. The molecule has 1 N–H and O–H groups in total. The van der Waals surface area contributed by atoms with Gasteiger partial charge >= 0.3 is 0 Å². The Hall–Kier alpha value is -1.96. The van der Waals surface area contributed by atoms with Crippen molar-refractivity contribution in [1.82, 2.24) is 15.1 Å². The fourth-order valence-corrected chi connectivity index (χ4v) is 6.21. The molecule has 0 bridgehead atoms. The van der Waals surface area contributed by atoms with Crippen LogP contribution in [0, 0.1) is 6.92 Å². The van der Waals surface area contributed by atoms with E-state index in [1.807, 2.05) is 31.2 Å². The summed E-state index contributed by atoms with van der Waals surface area (Å²) in [7, 11) is -1.19. The number of hydrogen-bond donors (Lipinski definition) is 1. The number of nitrogens with zero attached hydrogens (tertiary/aromatic N) is 2. The van der Waals surface area contributed by atoms with Gasteiger partial charge in [0.1, 0.15) is 5.76 Å². The lowest BCUT2D eigenvalue weighted by atomic mass is 10.00. The number of carbonyl (C=O) groups excluding carboxylic acids is 1. The van der Waals surface area contributed by atoms with Gasteiger partial charge in [0.15, 0.2) is 5.76 Å². The number of piperidine rings is 2. The van der Waals surface area contributed by atoms with Gasteiger partial charge in [0, 0.05) is 17.5 Å². The maximum absolute atomic E-state index is 12.6. The average Bonchev–Trinajstić information content (AvgIpc) is 3.31. The molecule has 4 rings (SSSR count). The maximum atomic E-state index is 12.6. The van der Waals surface area contributed by atoms with E-state index in [9.17, 15) is 9.00 Å². The zero-order valence-electron chi connectivity index (χ0n) is 19.8. The predicted molar refractivity (Wildman–Crippen MR) is 132 cm³/mol. The summed E-state index contributed by atoms with van der Waals surface area (Å²) < 4.78 is 18.3. The quantitative estimate of drug-likeness (QED) is 0.561. The molecule has 1 aromatic heterocycles. The number of carbonyl (C=O) groups is 1. The molecule has 1 atom stereocenters. The van der Waals surface area contributed by atoms with Gasteiger partial charge in [0.25, 0.3) is 5.91 Å². The first-order valence-electron chi connectivity index (χ1n) is 12.4. The molecular formula is C26H37N3O3S. The third kappa shape index (κ3) is 6.78. The highest BCUT2D eigenvalue weighted by Crippen LogP contribution is 2.21. The van der Waals surface area contributed by atoms with Crippen LogP contribution in [0.15, 0.2) is 45.7 Å². The summed E-state index contributed by atoms with van der Waals surface area (Å²) in [5.74, 6) is 0.921. The van der Waals surface area contributed by atoms with Crippen molar-refractivity contribution in [3.63, 3.8) is 0 Å². The van der Waals surface area contributed by atoms with Gasteiger partial charge in [0.2, 0.25) is 0 Å². The molecule has 2 saturated heterocycles. The summed E-state index contributed by atoms with van der Waals surface area (Å²) >= 11 is 0. The number of furan rings is 1. The van der Waals surface area contributed by atoms with Crippen LogP contribution in [0.1, 0.15) is 60.4 Å². The number of aryl methyl sites for hydroxylation is 1. The number of nitrogens with one attached hydrogen (secondary N) is 1. The molecule has 0 saturated carbocycles. The van der Waals surface area contributed by atoms with Gasteiger partial charge in [-0.3, -0.25) is 9.00 Å². The summed E-state index contributed by atoms with van der Waals surface area (Å²) in [5, 5.41) is 2.96. The zero-order valence-corrected chi connectivity index (χ0v) is 20.6. The van der Waals surface area contributed by atoms with E-state index in [2.05, 4.69) is 15.1 Å². The number of hydrogen-bond acceptors (Lipinski definition) is 5. The lowest BCUT2D eigenvalue weighted by Crippen LogP contribution is -2.47. The molecule has 2 aromatic rings. The van der Waals surface area contributed by atoms with Crippen LogP contribution in [0.5, 0.6) is 0 Å². The summed E-state index contributed by atoms with van der Waals surface area (Å²) in [6.07, 6.45) is 7.60. The Morgan fingerprint density at radius 1 is 1.06 bits per heavy atom. The highest BCUT2D eigenvalue weighted by Gasteiger charge is 2.25. The van der Waals surface area contributed by atoms with Gasteiger partial charge in [0.05, 0.1) is 16.6 Å². The van der Waals surface area contributed by atoms with Crippen molar-refractivity contribution in [2.24, 2.45) is 0 Å². The molecule has 1 amide bonds. The van der Waals surface area contributed by atoms with Crippen molar-refractivity contribution in [2.75, 3.05) is 39.3 Å². The molecule has 2 aliphatic rings. The second-order valence-electron chi connectivity index (χ2n) is 9.30. The standard InChI is InChI=1S/C26H37N3O3S/c1-21-8-3-4-9-25(21)33(31)20-23-10-11-24(32-23)26(30)27-14-7-15-28-18-12-22(13-19-28)29-16-5-2-6-17-29/h3-4,8-11,22H,2,5-7,12-20H2,1H3,(H,27,30)/t33-/m0/s1. The third-order valence-corrected chi connectivity index (χ3v) is 8.39. The second-order valence-corrected chi connectivity index (χ2v) is 10.7. The molecule has 0 aliphatic carbocycles. The molecule has 0 unspecified atom stereocenters. The third-order valence-electron chi connectivity index (χ3n) is 6.90. The lowest BCUT2D eigenvalue weighted by Gasteiger charge is -2.40. The largest absolute Gasteiger partial charge is 0.455 e. The van der Waals surface area contributed by atoms with Gasteiger partial charge in [-0.2, -0.15) is 0 Å². The Balaban J connectivity index is 1.14. The summed E-state index contributed by atoms with van der Waals surface area (Å²) in [6.45, 7) is 8.50. The molecule has 0 radical (unpaired) electrons. The zero-order chi connectivity index (χ0) is 23.0. The SMILES string of the molecule is Cc1ccccc1[S@@](=O)Cc1ccc(C(=O)NCCCN2CCC(N3CCCCC3)CC2)o1. The van der Waals surface area contributed by atoms with E-state index < -0.39 is 10.8 Å². The predicted octanol–water partition coefficient (Wildman–Crippen LogP) is 3.97. The normalized spacial score (nSPS) is 19.4. The minimum atomic E-state index is -1.19. The van der Waals surface area contributed by atoms with Gasteiger partial charge in [-0.25, -0.2) is 0 Å². The fraction of sp³-hybridized carbons (Fsp3) is 0.577. The minimum absolute atomic E-state index is 0.202. The van der Waals surface area contributed by atoms with E-state index in [0.29, 0.717) is 12.3 Å². The first-order chi connectivity index (χ1) is 16.1. The molecule has 2 fully saturated rings. The van der Waals surface area contributed by atoms with E-state index in [1.165, 1.54) is 45.2 Å². The average molecular weight is 472 g/mol. The molecule has 6 nitrogen and oxygen atoms in total. The first-order valence-corrected chi connectivity index (χ1v) is 13.7. The van der Waals surface area contributed by atoms with E-state index >= 15 is 0 Å². The molecule has 180 valence electrons. The smallest absolute Gasteiger partial charge is 0.286 e. The minimum Gasteiger partial charge on any atom is -0.455 e. The number of rotatable bonds is 9. The van der Waals surface area contributed by atoms with Crippen LogP contribution in [0.25, 0.3) is 0 Å². The summed E-state index contributed by atoms with van der Waals surface area (Å²) in [4.78, 5) is 18.5. The molecular weight excluding hydrogens is 434 g/mol. The maximum Gasteiger partial charge on any atom is 0.286 e. The Morgan fingerprint density at radius 2 is 1.82 bits per heavy atom. The second kappa shape index (κ2) is 12.0. The molecule has 3 heterocycles. The Bertz CT molecular complexity index is 930. The van der Waals surface area contributed by atoms with Gasteiger partial charge < -0.3 is 19.5 Å². The highest BCUT2D eigenvalue weighted by molar-refractivity contribution is 7.84. The number of likely N-dealkylation sites (tertiary alicyclic amines) is 2. The Morgan fingerprint density at radius 3 is 2.58 bits per heavy atom. The Kier molecular flexibility index (Phi) is 8.75. The van der Waals surface area contributed by atoms with Crippen molar-refractivity contribution in [2.45, 2.75) is 62.1 Å². The van der Waals surface area contributed by atoms with E-state index in [1.54, 1.807) is 12.1 Å². The van der Waals surface area contributed by atoms with Crippen LogP contribution in [0.3, 0.4) is 0 Å². The summed E-state index contributed by atoms with van der Waals surface area (Å²) in [6, 6.07) is 11.8. The molecule has 2 aliphatic heterocycles. The van der Waals surface area contributed by atoms with Gasteiger partial charge in [-0.1, -0.05) is 24.6 Å². The van der Waals surface area contributed by atoms with Crippen LogP contribution < -0.4 is 5.32 Å². The summed E-state index contributed by atoms with van der Waals surface area (Å²) in [5.41, 5.74) is 0.996.